The van der Waals surface area contributed by atoms with Gasteiger partial charge in [-0.3, -0.25) is 4.79 Å². The van der Waals surface area contributed by atoms with Crippen molar-refractivity contribution < 1.29 is 14.3 Å². The van der Waals surface area contributed by atoms with Gasteiger partial charge in [-0.25, -0.2) is 0 Å². The number of hydrogen-bond donors (Lipinski definition) is 0. The standard InChI is InChI=1S/C22H24N2O3/c1-3-26-21-13-16(14-23)11-12-20(21)27-15-22(25)24(2)19-10-6-8-17-7-4-5-9-18(17)19/h4-5,7,9,11-13,19H,3,6,8,10,15H2,1-2H3. The fourth-order valence-corrected chi connectivity index (χ4v) is 3.51. The molecule has 5 heteroatoms. The molecule has 0 fully saturated rings. The van der Waals surface area contributed by atoms with Crippen LogP contribution in [-0.4, -0.2) is 31.1 Å². The van der Waals surface area contributed by atoms with Crippen LogP contribution in [0.1, 0.15) is 42.5 Å². The number of nitrogens with zero attached hydrogens (tertiary/aromatic N) is 2. The van der Waals surface area contributed by atoms with Gasteiger partial charge in [0.1, 0.15) is 0 Å². The molecule has 0 N–H and O–H groups in total. The molecule has 2 aromatic carbocycles. The Bertz CT molecular complexity index is 857. The summed E-state index contributed by atoms with van der Waals surface area (Å²) in [6.45, 7) is 2.25. The highest BCUT2D eigenvalue weighted by atomic mass is 16.5. The van der Waals surface area contributed by atoms with Gasteiger partial charge in [0.15, 0.2) is 18.1 Å². The van der Waals surface area contributed by atoms with Crippen molar-refractivity contribution in [3.63, 3.8) is 0 Å². The molecule has 0 radical (unpaired) electrons. The smallest absolute Gasteiger partial charge is 0.260 e. The normalized spacial score (nSPS) is 15.4. The Morgan fingerprint density at radius 2 is 2.04 bits per heavy atom. The van der Waals surface area contributed by atoms with Gasteiger partial charge in [0.2, 0.25) is 0 Å². The topological polar surface area (TPSA) is 62.6 Å². The third-order valence-corrected chi connectivity index (χ3v) is 4.92. The zero-order chi connectivity index (χ0) is 19.2. The summed E-state index contributed by atoms with van der Waals surface area (Å²) in [5.74, 6) is 0.875. The van der Waals surface area contributed by atoms with Crippen molar-refractivity contribution in [2.24, 2.45) is 0 Å². The van der Waals surface area contributed by atoms with Crippen LogP contribution < -0.4 is 9.47 Å². The molecule has 2 aromatic rings. The summed E-state index contributed by atoms with van der Waals surface area (Å²) in [6, 6.07) is 15.4. The van der Waals surface area contributed by atoms with Gasteiger partial charge < -0.3 is 14.4 Å². The molecule has 0 spiro atoms. The third-order valence-electron chi connectivity index (χ3n) is 4.92. The first kappa shape index (κ1) is 18.8. The van der Waals surface area contributed by atoms with E-state index in [1.807, 2.05) is 26.1 Å². The fourth-order valence-electron chi connectivity index (χ4n) is 3.51. The predicted octanol–water partition coefficient (Wildman–Crippen LogP) is 3.87. The Kier molecular flexibility index (Phi) is 5.97. The fraction of sp³-hybridized carbons (Fsp3) is 0.364. The molecule has 0 bridgehead atoms. The number of ether oxygens (including phenoxy) is 2. The molecule has 0 saturated carbocycles. The molecule has 0 saturated heterocycles. The van der Waals surface area contributed by atoms with Crippen molar-refractivity contribution in [3.05, 3.63) is 59.2 Å². The van der Waals surface area contributed by atoms with Gasteiger partial charge in [-0.1, -0.05) is 24.3 Å². The number of carbonyl (C=O) groups is 1. The number of nitriles is 1. The number of likely N-dealkylation sites (N-methyl/N-ethyl adjacent to an activating group) is 1. The summed E-state index contributed by atoms with van der Waals surface area (Å²) in [6.07, 6.45) is 3.10. The van der Waals surface area contributed by atoms with Gasteiger partial charge in [-0.15, -0.1) is 0 Å². The average Bonchev–Trinajstić information content (AvgIpc) is 2.71. The van der Waals surface area contributed by atoms with Gasteiger partial charge >= 0.3 is 0 Å². The molecule has 1 amide bonds. The first-order chi connectivity index (χ1) is 13.1. The molecule has 0 aromatic heterocycles. The molecule has 5 nitrogen and oxygen atoms in total. The maximum Gasteiger partial charge on any atom is 0.260 e. The molecule has 27 heavy (non-hydrogen) atoms. The highest BCUT2D eigenvalue weighted by Gasteiger charge is 2.26. The van der Waals surface area contributed by atoms with Crippen molar-refractivity contribution in [1.29, 1.82) is 5.26 Å². The first-order valence-corrected chi connectivity index (χ1v) is 9.27. The highest BCUT2D eigenvalue weighted by Crippen LogP contribution is 2.34. The van der Waals surface area contributed by atoms with Crippen molar-refractivity contribution in [2.45, 2.75) is 32.2 Å². The van der Waals surface area contributed by atoms with Gasteiger partial charge in [0.25, 0.3) is 5.91 Å². The molecule has 1 unspecified atom stereocenters. The summed E-state index contributed by atoms with van der Waals surface area (Å²) in [5.41, 5.74) is 3.04. The van der Waals surface area contributed by atoms with Crippen LogP contribution in [0.5, 0.6) is 11.5 Å². The second kappa shape index (κ2) is 8.59. The summed E-state index contributed by atoms with van der Waals surface area (Å²) in [5, 5.41) is 9.03. The molecule has 1 atom stereocenters. The predicted molar refractivity (Wildman–Crippen MR) is 103 cm³/mol. The summed E-state index contributed by atoms with van der Waals surface area (Å²) < 4.78 is 11.3. The third kappa shape index (κ3) is 4.22. The number of rotatable bonds is 6. The monoisotopic (exact) mass is 364 g/mol. The first-order valence-electron chi connectivity index (χ1n) is 9.27. The zero-order valence-electron chi connectivity index (χ0n) is 15.8. The molecule has 140 valence electrons. The molecule has 1 aliphatic carbocycles. The lowest BCUT2D eigenvalue weighted by atomic mass is 9.87. The lowest BCUT2D eigenvalue weighted by molar-refractivity contribution is -0.134. The van der Waals surface area contributed by atoms with Crippen LogP contribution in [0.25, 0.3) is 0 Å². The number of carbonyl (C=O) groups excluding carboxylic acids is 1. The number of benzene rings is 2. The quantitative estimate of drug-likeness (QED) is 0.780. The summed E-state index contributed by atoms with van der Waals surface area (Å²) in [7, 11) is 1.83. The lowest BCUT2D eigenvalue weighted by Gasteiger charge is -2.33. The van der Waals surface area contributed by atoms with E-state index < -0.39 is 0 Å². The van der Waals surface area contributed by atoms with Crippen LogP contribution in [0, 0.1) is 11.3 Å². The maximum atomic E-state index is 12.7. The van der Waals surface area contributed by atoms with Crippen LogP contribution in [-0.2, 0) is 11.2 Å². The van der Waals surface area contributed by atoms with Gasteiger partial charge in [-0.2, -0.15) is 5.26 Å². The largest absolute Gasteiger partial charge is 0.490 e. The molecule has 3 rings (SSSR count). The van der Waals surface area contributed by atoms with Crippen molar-refractivity contribution in [1.82, 2.24) is 4.90 Å². The van der Waals surface area contributed by atoms with E-state index in [0.29, 0.717) is 23.7 Å². The van der Waals surface area contributed by atoms with E-state index in [0.717, 1.165) is 19.3 Å². The highest BCUT2D eigenvalue weighted by molar-refractivity contribution is 5.78. The van der Waals surface area contributed by atoms with Crippen LogP contribution in [0.15, 0.2) is 42.5 Å². The van der Waals surface area contributed by atoms with Gasteiger partial charge in [0, 0.05) is 13.1 Å². The minimum absolute atomic E-state index is 0.0683. The minimum Gasteiger partial charge on any atom is -0.490 e. The molecule has 0 heterocycles. The van der Waals surface area contributed by atoms with E-state index in [1.54, 1.807) is 23.1 Å². The molecule has 0 aliphatic heterocycles. The minimum atomic E-state index is -0.0801. The average molecular weight is 364 g/mol. The summed E-state index contributed by atoms with van der Waals surface area (Å²) >= 11 is 0. The van der Waals surface area contributed by atoms with E-state index in [1.165, 1.54) is 11.1 Å². The van der Waals surface area contributed by atoms with Crippen molar-refractivity contribution in [3.8, 4) is 17.6 Å². The second-order valence-electron chi connectivity index (χ2n) is 6.61. The Labute approximate surface area is 160 Å². The number of amides is 1. The van der Waals surface area contributed by atoms with E-state index in [9.17, 15) is 4.79 Å². The number of fused-ring (bicyclic) bond motifs is 1. The van der Waals surface area contributed by atoms with E-state index in [2.05, 4.69) is 18.2 Å². The maximum absolute atomic E-state index is 12.7. The van der Waals surface area contributed by atoms with Crippen LogP contribution in [0.4, 0.5) is 0 Å². The van der Waals surface area contributed by atoms with Crippen molar-refractivity contribution >= 4 is 5.91 Å². The second-order valence-corrected chi connectivity index (χ2v) is 6.61. The van der Waals surface area contributed by atoms with E-state index >= 15 is 0 Å². The van der Waals surface area contributed by atoms with E-state index in [-0.39, 0.29) is 18.6 Å². The van der Waals surface area contributed by atoms with Gasteiger partial charge in [-0.05, 0) is 49.4 Å². The molecule has 1 aliphatic rings. The van der Waals surface area contributed by atoms with Crippen LogP contribution in [0.3, 0.4) is 0 Å². The lowest BCUT2D eigenvalue weighted by Crippen LogP contribution is -2.36. The molecular formula is C22H24N2O3. The Hall–Kier alpha value is -3.00. The summed E-state index contributed by atoms with van der Waals surface area (Å²) in [4.78, 5) is 14.5. The Balaban J connectivity index is 1.69. The van der Waals surface area contributed by atoms with Crippen LogP contribution >= 0.6 is 0 Å². The van der Waals surface area contributed by atoms with E-state index in [4.69, 9.17) is 14.7 Å². The Morgan fingerprint density at radius 3 is 2.81 bits per heavy atom. The molecular weight excluding hydrogens is 340 g/mol. The van der Waals surface area contributed by atoms with Crippen LogP contribution in [0.2, 0.25) is 0 Å². The number of aryl methyl sites for hydroxylation is 1. The van der Waals surface area contributed by atoms with Crippen molar-refractivity contribution in [2.75, 3.05) is 20.3 Å². The SMILES string of the molecule is CCOc1cc(C#N)ccc1OCC(=O)N(C)C1CCCc2ccccc21. The number of hydrogen-bond acceptors (Lipinski definition) is 4. The van der Waals surface area contributed by atoms with Gasteiger partial charge in [0.05, 0.1) is 24.3 Å². The zero-order valence-corrected chi connectivity index (χ0v) is 15.8. The Morgan fingerprint density at radius 1 is 1.22 bits per heavy atom.